The SMILES string of the molecule is N=C(N)/C=C\Nc1ccncc1F. The van der Waals surface area contributed by atoms with Gasteiger partial charge in [-0.15, -0.1) is 0 Å². The number of amidine groups is 1. The maximum absolute atomic E-state index is 12.9. The molecule has 0 aliphatic rings. The van der Waals surface area contributed by atoms with E-state index in [9.17, 15) is 4.39 Å². The monoisotopic (exact) mass is 180 g/mol. The maximum atomic E-state index is 12.9. The Morgan fingerprint density at radius 1 is 1.69 bits per heavy atom. The number of pyridine rings is 1. The zero-order valence-corrected chi connectivity index (χ0v) is 6.79. The number of nitrogens with two attached hydrogens (primary N) is 1. The van der Waals surface area contributed by atoms with Crippen LogP contribution in [-0.2, 0) is 0 Å². The third-order valence-corrected chi connectivity index (χ3v) is 1.27. The van der Waals surface area contributed by atoms with Crippen molar-refractivity contribution >= 4 is 11.5 Å². The van der Waals surface area contributed by atoms with Gasteiger partial charge in [-0.05, 0) is 12.1 Å². The van der Waals surface area contributed by atoms with Gasteiger partial charge < -0.3 is 11.1 Å². The number of nitrogens with zero attached hydrogens (tertiary/aromatic N) is 1. The van der Waals surface area contributed by atoms with Crippen molar-refractivity contribution in [2.24, 2.45) is 5.73 Å². The molecule has 0 amide bonds. The Labute approximate surface area is 74.8 Å². The predicted octanol–water partition coefficient (Wildman–Crippen LogP) is 1.08. The summed E-state index contributed by atoms with van der Waals surface area (Å²) in [4.78, 5) is 3.58. The molecule has 1 rings (SSSR count). The standard InChI is InChI=1S/C8H9FN4/c9-6-5-12-3-1-7(6)13-4-2-8(10)11/h1-5H,(H3,10,11)(H,12,13)/b4-2-. The van der Waals surface area contributed by atoms with Crippen molar-refractivity contribution in [3.63, 3.8) is 0 Å². The number of aromatic nitrogens is 1. The molecule has 0 aliphatic heterocycles. The molecular weight excluding hydrogens is 171 g/mol. The van der Waals surface area contributed by atoms with Crippen LogP contribution in [0, 0.1) is 11.2 Å². The summed E-state index contributed by atoms with van der Waals surface area (Å²) in [6, 6.07) is 1.49. The molecule has 0 spiro atoms. The van der Waals surface area contributed by atoms with Crippen LogP contribution in [0.25, 0.3) is 0 Å². The van der Waals surface area contributed by atoms with E-state index in [0.29, 0.717) is 5.69 Å². The maximum Gasteiger partial charge on any atom is 0.164 e. The Balaban J connectivity index is 2.64. The molecule has 68 valence electrons. The average molecular weight is 180 g/mol. The lowest BCUT2D eigenvalue weighted by molar-refractivity contribution is 0.625. The molecule has 1 heterocycles. The summed E-state index contributed by atoms with van der Waals surface area (Å²) in [5, 5.41) is 9.49. The van der Waals surface area contributed by atoms with Crippen LogP contribution in [0.3, 0.4) is 0 Å². The molecule has 5 heteroatoms. The summed E-state index contributed by atoms with van der Waals surface area (Å²) in [5.41, 5.74) is 5.34. The second-order valence-corrected chi connectivity index (χ2v) is 2.29. The number of anilines is 1. The van der Waals surface area contributed by atoms with E-state index in [1.54, 1.807) is 0 Å². The highest BCUT2D eigenvalue weighted by Gasteiger charge is 1.96. The molecule has 1 aromatic heterocycles. The molecule has 0 fully saturated rings. The predicted molar refractivity (Wildman–Crippen MR) is 48.9 cm³/mol. The molecule has 0 unspecified atom stereocenters. The van der Waals surface area contributed by atoms with E-state index in [2.05, 4.69) is 10.3 Å². The van der Waals surface area contributed by atoms with Gasteiger partial charge in [0.05, 0.1) is 11.9 Å². The summed E-state index contributed by atoms with van der Waals surface area (Å²) < 4.78 is 12.9. The van der Waals surface area contributed by atoms with Crippen LogP contribution >= 0.6 is 0 Å². The lowest BCUT2D eigenvalue weighted by Gasteiger charge is -1.99. The van der Waals surface area contributed by atoms with Gasteiger partial charge in [-0.25, -0.2) is 4.39 Å². The van der Waals surface area contributed by atoms with E-state index in [0.717, 1.165) is 6.20 Å². The minimum Gasteiger partial charge on any atom is -0.384 e. The number of halogens is 1. The smallest absolute Gasteiger partial charge is 0.164 e. The Bertz CT molecular complexity index is 335. The summed E-state index contributed by atoms with van der Waals surface area (Å²) in [6.07, 6.45) is 5.28. The van der Waals surface area contributed by atoms with E-state index < -0.39 is 5.82 Å². The molecule has 0 aliphatic carbocycles. The first-order chi connectivity index (χ1) is 6.20. The lowest BCUT2D eigenvalue weighted by Crippen LogP contribution is -2.05. The second-order valence-electron chi connectivity index (χ2n) is 2.29. The van der Waals surface area contributed by atoms with Gasteiger partial charge in [-0.2, -0.15) is 0 Å². The molecule has 0 radical (unpaired) electrons. The molecule has 0 aromatic carbocycles. The van der Waals surface area contributed by atoms with Crippen LogP contribution in [-0.4, -0.2) is 10.8 Å². The molecule has 4 nitrogen and oxygen atoms in total. The van der Waals surface area contributed by atoms with Gasteiger partial charge in [0.1, 0.15) is 5.84 Å². The normalized spacial score (nSPS) is 10.2. The van der Waals surface area contributed by atoms with Gasteiger partial charge in [0.25, 0.3) is 0 Å². The van der Waals surface area contributed by atoms with Gasteiger partial charge in [-0.3, -0.25) is 10.4 Å². The third-order valence-electron chi connectivity index (χ3n) is 1.27. The fourth-order valence-corrected chi connectivity index (χ4v) is 0.713. The molecule has 13 heavy (non-hydrogen) atoms. The molecule has 0 saturated carbocycles. The zero-order valence-electron chi connectivity index (χ0n) is 6.79. The molecule has 0 saturated heterocycles. The molecular formula is C8H9FN4. The van der Waals surface area contributed by atoms with Crippen molar-refractivity contribution in [3.8, 4) is 0 Å². The van der Waals surface area contributed by atoms with E-state index >= 15 is 0 Å². The first kappa shape index (κ1) is 9.18. The average Bonchev–Trinajstić information content (AvgIpc) is 2.08. The second kappa shape index (κ2) is 4.20. The Kier molecular flexibility index (Phi) is 2.97. The van der Waals surface area contributed by atoms with Crippen LogP contribution in [0.1, 0.15) is 0 Å². The summed E-state index contributed by atoms with van der Waals surface area (Å²) in [5.74, 6) is -0.544. The number of hydrogen-bond acceptors (Lipinski definition) is 3. The summed E-state index contributed by atoms with van der Waals surface area (Å²) in [6.45, 7) is 0. The Morgan fingerprint density at radius 3 is 3.08 bits per heavy atom. The molecule has 4 N–H and O–H groups in total. The van der Waals surface area contributed by atoms with Gasteiger partial charge in [0.15, 0.2) is 5.82 Å². The van der Waals surface area contributed by atoms with Gasteiger partial charge >= 0.3 is 0 Å². The van der Waals surface area contributed by atoms with Crippen LogP contribution in [0.2, 0.25) is 0 Å². The number of hydrogen-bond donors (Lipinski definition) is 3. The van der Waals surface area contributed by atoms with Crippen molar-refractivity contribution < 1.29 is 4.39 Å². The van der Waals surface area contributed by atoms with E-state index in [1.807, 2.05) is 0 Å². The third kappa shape index (κ3) is 2.90. The van der Waals surface area contributed by atoms with Gasteiger partial charge in [-0.1, -0.05) is 0 Å². The number of rotatable bonds is 3. The highest BCUT2D eigenvalue weighted by atomic mass is 19.1. The quantitative estimate of drug-likeness (QED) is 0.481. The van der Waals surface area contributed by atoms with Crippen LogP contribution in [0.4, 0.5) is 10.1 Å². The van der Waals surface area contributed by atoms with E-state index in [-0.39, 0.29) is 5.84 Å². The summed E-state index contributed by atoms with van der Waals surface area (Å²) in [7, 11) is 0. The fourth-order valence-electron chi connectivity index (χ4n) is 0.713. The largest absolute Gasteiger partial charge is 0.384 e. The topological polar surface area (TPSA) is 74.8 Å². The van der Waals surface area contributed by atoms with Crippen molar-refractivity contribution in [2.75, 3.05) is 5.32 Å². The van der Waals surface area contributed by atoms with Crippen molar-refractivity contribution in [3.05, 3.63) is 36.6 Å². The Hall–Kier alpha value is -1.91. The number of nitrogens with one attached hydrogen (secondary N) is 2. The Morgan fingerprint density at radius 2 is 2.46 bits per heavy atom. The van der Waals surface area contributed by atoms with Gasteiger partial charge in [0, 0.05) is 12.4 Å². The van der Waals surface area contributed by atoms with Crippen LogP contribution in [0.15, 0.2) is 30.7 Å². The first-order valence-corrected chi connectivity index (χ1v) is 3.57. The van der Waals surface area contributed by atoms with Gasteiger partial charge in [0.2, 0.25) is 0 Å². The van der Waals surface area contributed by atoms with Crippen LogP contribution < -0.4 is 11.1 Å². The molecule has 0 atom stereocenters. The highest BCUT2D eigenvalue weighted by molar-refractivity contribution is 5.88. The van der Waals surface area contributed by atoms with Crippen molar-refractivity contribution in [1.82, 2.24) is 4.98 Å². The lowest BCUT2D eigenvalue weighted by atomic mass is 10.4. The first-order valence-electron chi connectivity index (χ1n) is 3.57. The zero-order chi connectivity index (χ0) is 9.68. The van der Waals surface area contributed by atoms with Crippen molar-refractivity contribution in [1.29, 1.82) is 5.41 Å². The molecule has 0 bridgehead atoms. The highest BCUT2D eigenvalue weighted by Crippen LogP contribution is 2.09. The minimum absolute atomic E-state index is 0.0954. The van der Waals surface area contributed by atoms with Crippen LogP contribution in [0.5, 0.6) is 0 Å². The van der Waals surface area contributed by atoms with E-state index in [1.165, 1.54) is 24.5 Å². The minimum atomic E-state index is -0.448. The van der Waals surface area contributed by atoms with Crippen molar-refractivity contribution in [2.45, 2.75) is 0 Å². The fraction of sp³-hybridized carbons (Fsp3) is 0. The van der Waals surface area contributed by atoms with E-state index in [4.69, 9.17) is 11.1 Å². The summed E-state index contributed by atoms with van der Waals surface area (Å²) >= 11 is 0. The molecule has 1 aromatic rings.